The summed E-state index contributed by atoms with van der Waals surface area (Å²) in [6.45, 7) is 6.69. The minimum atomic E-state index is -4.59. The highest BCUT2D eigenvalue weighted by Gasteiger charge is 2.35. The lowest BCUT2D eigenvalue weighted by Gasteiger charge is -2.21. The molecule has 0 bridgehead atoms. The van der Waals surface area contributed by atoms with E-state index in [-0.39, 0.29) is 22.1 Å². The van der Waals surface area contributed by atoms with Gasteiger partial charge in [-0.3, -0.25) is 0 Å². The number of aromatic nitrogens is 2. The van der Waals surface area contributed by atoms with E-state index in [1.165, 1.54) is 24.3 Å². The van der Waals surface area contributed by atoms with Gasteiger partial charge in [0.1, 0.15) is 10.8 Å². The number of fused-ring (bicyclic) bond motifs is 1. The normalized spacial score (nSPS) is 12.4. The third-order valence-corrected chi connectivity index (χ3v) is 4.16. The second-order valence-corrected chi connectivity index (χ2v) is 7.83. The topological polar surface area (TPSA) is 44.1 Å². The van der Waals surface area contributed by atoms with Gasteiger partial charge in [-0.05, 0) is 58.0 Å². The number of ether oxygens (including phenoxy) is 1. The maximum absolute atomic E-state index is 13.6. The fraction of sp³-hybridized carbons (Fsp3) is 0.300. The fourth-order valence-corrected chi connectivity index (χ4v) is 3.00. The Bertz CT molecular complexity index is 1070. The van der Waals surface area contributed by atoms with Crippen molar-refractivity contribution in [2.75, 3.05) is 0 Å². The van der Waals surface area contributed by atoms with Crippen LogP contribution in [0.15, 0.2) is 36.4 Å². The van der Waals surface area contributed by atoms with Gasteiger partial charge in [-0.2, -0.15) is 13.2 Å². The van der Waals surface area contributed by atoms with Crippen LogP contribution in [0.25, 0.3) is 22.3 Å². The van der Waals surface area contributed by atoms with Gasteiger partial charge in [-0.25, -0.2) is 14.3 Å². The highest BCUT2D eigenvalue weighted by molar-refractivity contribution is 6.29. The minimum absolute atomic E-state index is 0.0371. The molecule has 28 heavy (non-hydrogen) atoms. The first-order valence-corrected chi connectivity index (χ1v) is 8.84. The van der Waals surface area contributed by atoms with Crippen molar-refractivity contribution in [1.82, 2.24) is 9.55 Å². The van der Waals surface area contributed by atoms with Crippen LogP contribution in [0, 0.1) is 6.92 Å². The Morgan fingerprint density at radius 2 is 1.79 bits per heavy atom. The van der Waals surface area contributed by atoms with Gasteiger partial charge in [0.25, 0.3) is 0 Å². The third kappa shape index (κ3) is 3.99. The highest BCUT2D eigenvalue weighted by atomic mass is 35.5. The maximum atomic E-state index is 13.6. The summed E-state index contributed by atoms with van der Waals surface area (Å²) in [5.41, 5.74) is -1.04. The van der Waals surface area contributed by atoms with Crippen molar-refractivity contribution in [3.8, 4) is 11.3 Å². The molecule has 2 heterocycles. The Hall–Kier alpha value is -2.54. The lowest BCUT2D eigenvalue weighted by Crippen LogP contribution is -2.27. The summed E-state index contributed by atoms with van der Waals surface area (Å²) in [4.78, 5) is 17.0. The van der Waals surface area contributed by atoms with Crippen molar-refractivity contribution < 1.29 is 22.7 Å². The van der Waals surface area contributed by atoms with Crippen molar-refractivity contribution >= 4 is 28.7 Å². The highest BCUT2D eigenvalue weighted by Crippen LogP contribution is 2.39. The minimum Gasteiger partial charge on any atom is -0.443 e. The number of carbonyl (C=O) groups is 1. The van der Waals surface area contributed by atoms with E-state index in [0.29, 0.717) is 10.9 Å². The lowest BCUT2D eigenvalue weighted by molar-refractivity contribution is -0.137. The molecule has 0 unspecified atom stereocenters. The largest absolute Gasteiger partial charge is 0.443 e. The monoisotopic (exact) mass is 410 g/mol. The van der Waals surface area contributed by atoms with Crippen molar-refractivity contribution in [2.45, 2.75) is 39.5 Å². The molecule has 0 saturated carbocycles. The quantitative estimate of drug-likeness (QED) is 0.432. The number of hydrogen-bond acceptors (Lipinski definition) is 3. The van der Waals surface area contributed by atoms with Gasteiger partial charge in [-0.1, -0.05) is 23.2 Å². The van der Waals surface area contributed by atoms with Crippen LogP contribution in [0.1, 0.15) is 31.9 Å². The van der Waals surface area contributed by atoms with Gasteiger partial charge in [-0.15, -0.1) is 0 Å². The van der Waals surface area contributed by atoms with Crippen LogP contribution in [-0.4, -0.2) is 21.2 Å². The summed E-state index contributed by atoms with van der Waals surface area (Å²) in [5, 5.41) is 0.585. The van der Waals surface area contributed by atoms with Crippen LogP contribution in [0.4, 0.5) is 18.0 Å². The molecule has 0 aliphatic rings. The average Bonchev–Trinajstić information content (AvgIpc) is 2.90. The molecule has 0 fully saturated rings. The summed E-state index contributed by atoms with van der Waals surface area (Å²) in [6.07, 6.45) is -5.43. The molecule has 148 valence electrons. The first-order chi connectivity index (χ1) is 12.9. The molecular formula is C20H18ClF3N2O2. The molecule has 4 nitrogen and oxygen atoms in total. The SMILES string of the molecule is Cc1ccc(C(F)(F)F)c(-c2cc3ccc(Cl)nc3n2C(=O)OC(C)(C)C)c1. The number of halogens is 4. The van der Waals surface area contributed by atoms with Gasteiger partial charge >= 0.3 is 12.3 Å². The Labute approximate surface area is 164 Å². The Morgan fingerprint density at radius 1 is 1.11 bits per heavy atom. The number of aryl methyl sites for hydroxylation is 1. The van der Waals surface area contributed by atoms with Crippen molar-refractivity contribution in [3.05, 3.63) is 52.7 Å². The molecule has 1 aromatic carbocycles. The molecule has 0 saturated heterocycles. The predicted molar refractivity (Wildman–Crippen MR) is 102 cm³/mol. The van der Waals surface area contributed by atoms with E-state index >= 15 is 0 Å². The number of benzene rings is 1. The van der Waals surface area contributed by atoms with Crippen LogP contribution in [0.5, 0.6) is 0 Å². The zero-order chi connectivity index (χ0) is 20.9. The number of nitrogens with zero attached hydrogens (tertiary/aromatic N) is 2. The molecule has 0 aliphatic carbocycles. The summed E-state index contributed by atoms with van der Waals surface area (Å²) in [5.74, 6) is 0. The van der Waals surface area contributed by atoms with E-state index < -0.39 is 23.4 Å². The van der Waals surface area contributed by atoms with E-state index in [1.54, 1.807) is 33.8 Å². The first-order valence-electron chi connectivity index (χ1n) is 8.46. The second kappa shape index (κ2) is 6.81. The number of carbonyl (C=O) groups excluding carboxylic acids is 1. The molecule has 0 atom stereocenters. The number of alkyl halides is 3. The van der Waals surface area contributed by atoms with Crippen LogP contribution >= 0.6 is 11.6 Å². The Morgan fingerprint density at radius 3 is 2.39 bits per heavy atom. The van der Waals surface area contributed by atoms with Gasteiger partial charge in [0, 0.05) is 10.9 Å². The van der Waals surface area contributed by atoms with E-state index in [2.05, 4.69) is 4.98 Å². The standard InChI is InChI=1S/C20H18ClF3N2O2/c1-11-5-7-14(20(22,23)24)13(9-11)15-10-12-6-8-16(21)25-17(12)26(15)18(27)28-19(2,3)4/h5-10H,1-4H3. The van der Waals surface area contributed by atoms with E-state index in [0.717, 1.165) is 10.6 Å². The van der Waals surface area contributed by atoms with Gasteiger partial charge in [0.15, 0.2) is 5.65 Å². The van der Waals surface area contributed by atoms with Gasteiger partial charge in [0.05, 0.1) is 11.3 Å². The molecule has 0 amide bonds. The number of pyridine rings is 1. The summed E-state index contributed by atoms with van der Waals surface area (Å²) >= 11 is 5.96. The Kier molecular flexibility index (Phi) is 4.91. The summed E-state index contributed by atoms with van der Waals surface area (Å²) in [7, 11) is 0. The van der Waals surface area contributed by atoms with Gasteiger partial charge in [0.2, 0.25) is 0 Å². The fourth-order valence-electron chi connectivity index (χ4n) is 2.86. The molecule has 3 aromatic rings. The molecule has 0 radical (unpaired) electrons. The lowest BCUT2D eigenvalue weighted by atomic mass is 10.0. The molecule has 0 N–H and O–H groups in total. The Balaban J connectivity index is 2.35. The third-order valence-electron chi connectivity index (χ3n) is 3.95. The van der Waals surface area contributed by atoms with Gasteiger partial charge < -0.3 is 4.74 Å². The van der Waals surface area contributed by atoms with Crippen molar-refractivity contribution in [2.24, 2.45) is 0 Å². The maximum Gasteiger partial charge on any atom is 0.420 e. The van der Waals surface area contributed by atoms with Crippen molar-refractivity contribution in [1.29, 1.82) is 0 Å². The summed E-state index contributed by atoms with van der Waals surface area (Å²) < 4.78 is 47.3. The molecule has 2 aromatic heterocycles. The van der Waals surface area contributed by atoms with Crippen LogP contribution in [-0.2, 0) is 10.9 Å². The molecule has 3 rings (SSSR count). The van der Waals surface area contributed by atoms with Crippen LogP contribution in [0.3, 0.4) is 0 Å². The van der Waals surface area contributed by atoms with Crippen molar-refractivity contribution in [3.63, 3.8) is 0 Å². The molecule has 8 heteroatoms. The van der Waals surface area contributed by atoms with E-state index in [4.69, 9.17) is 16.3 Å². The zero-order valence-electron chi connectivity index (χ0n) is 15.7. The molecule has 0 spiro atoms. The first kappa shape index (κ1) is 20.2. The number of hydrogen-bond donors (Lipinski definition) is 0. The smallest absolute Gasteiger partial charge is 0.420 e. The van der Waals surface area contributed by atoms with Crippen LogP contribution in [0.2, 0.25) is 5.15 Å². The zero-order valence-corrected chi connectivity index (χ0v) is 16.4. The molecular weight excluding hydrogens is 393 g/mol. The number of rotatable bonds is 1. The van der Waals surface area contributed by atoms with Crippen LogP contribution < -0.4 is 0 Å². The van der Waals surface area contributed by atoms with E-state index in [9.17, 15) is 18.0 Å². The average molecular weight is 411 g/mol. The van der Waals surface area contributed by atoms with E-state index in [1.807, 2.05) is 0 Å². The summed E-state index contributed by atoms with van der Waals surface area (Å²) in [6, 6.07) is 8.35. The second-order valence-electron chi connectivity index (χ2n) is 7.44. The molecule has 0 aliphatic heterocycles. The predicted octanol–water partition coefficient (Wildman–Crippen LogP) is 6.47.